The first-order valence-corrected chi connectivity index (χ1v) is 11.0. The van der Waals surface area contributed by atoms with E-state index in [0.29, 0.717) is 18.8 Å². The van der Waals surface area contributed by atoms with Gasteiger partial charge in [0, 0.05) is 52.9 Å². The molecule has 6 rings (SSSR count). The standard InChI is InChI=1S/C8H15NO2.C7H15NO2.C6H11NO/c1-9-3-5-11-7-8(9)2-4-10-6-8;1-8-3-4-10-7(5-8)6-9-2;1-7-3-5-2-6(4-7)8-5/h2-7H2,1H3;7H,3-6H2,1-2H3;5-6H,2-4H2,1H3. The molecule has 8 heteroatoms. The molecule has 6 heterocycles. The highest BCUT2D eigenvalue weighted by atomic mass is 16.5. The number of hydrogen-bond donors (Lipinski definition) is 0. The second-order valence-corrected chi connectivity index (χ2v) is 9.05. The number of methoxy groups -OCH3 is 1. The molecule has 0 aromatic carbocycles. The largest absolute Gasteiger partial charge is 0.382 e. The van der Waals surface area contributed by atoms with Gasteiger partial charge in [-0.2, -0.15) is 0 Å². The van der Waals surface area contributed by atoms with E-state index in [1.165, 1.54) is 6.42 Å². The molecule has 6 saturated heterocycles. The van der Waals surface area contributed by atoms with Gasteiger partial charge in [0.25, 0.3) is 0 Å². The Balaban J connectivity index is 0.000000126. The van der Waals surface area contributed by atoms with Gasteiger partial charge in [-0.05, 0) is 27.6 Å². The van der Waals surface area contributed by atoms with E-state index in [-0.39, 0.29) is 11.6 Å². The van der Waals surface area contributed by atoms with Gasteiger partial charge in [-0.1, -0.05) is 0 Å². The number of morpholine rings is 3. The lowest BCUT2D eigenvalue weighted by Crippen LogP contribution is -2.55. The summed E-state index contributed by atoms with van der Waals surface area (Å²) in [5, 5.41) is 0. The van der Waals surface area contributed by atoms with Crippen LogP contribution < -0.4 is 0 Å². The maximum Gasteiger partial charge on any atom is 0.0935 e. The first-order chi connectivity index (χ1) is 14.0. The Morgan fingerprint density at radius 2 is 1.59 bits per heavy atom. The third-order valence-electron chi connectivity index (χ3n) is 6.47. The molecule has 4 unspecified atom stereocenters. The molecule has 0 aliphatic carbocycles. The van der Waals surface area contributed by atoms with E-state index in [1.54, 1.807) is 7.11 Å². The quantitative estimate of drug-likeness (QED) is 0.632. The van der Waals surface area contributed by atoms with Crippen LogP contribution >= 0.6 is 0 Å². The number of hydrogen-bond acceptors (Lipinski definition) is 8. The van der Waals surface area contributed by atoms with Crippen LogP contribution in [0.15, 0.2) is 0 Å². The molecule has 8 nitrogen and oxygen atoms in total. The Bertz CT molecular complexity index is 459. The van der Waals surface area contributed by atoms with Crippen molar-refractivity contribution in [3.8, 4) is 0 Å². The highest BCUT2D eigenvalue weighted by Gasteiger charge is 2.41. The fourth-order valence-electron chi connectivity index (χ4n) is 4.54. The van der Waals surface area contributed by atoms with Crippen molar-refractivity contribution in [2.45, 2.75) is 36.7 Å². The number of piperidine rings is 1. The van der Waals surface area contributed by atoms with Gasteiger partial charge in [-0.3, -0.25) is 4.90 Å². The van der Waals surface area contributed by atoms with E-state index in [2.05, 4.69) is 35.8 Å². The van der Waals surface area contributed by atoms with Gasteiger partial charge in [0.05, 0.1) is 56.9 Å². The second-order valence-electron chi connectivity index (χ2n) is 9.05. The minimum Gasteiger partial charge on any atom is -0.382 e. The smallest absolute Gasteiger partial charge is 0.0935 e. The van der Waals surface area contributed by atoms with Crippen LogP contribution in [0.1, 0.15) is 12.8 Å². The predicted octanol–water partition coefficient (Wildman–Crippen LogP) is 0.160. The van der Waals surface area contributed by atoms with Crippen LogP contribution in [0.5, 0.6) is 0 Å². The first kappa shape index (κ1) is 23.3. The first-order valence-electron chi connectivity index (χ1n) is 11.0. The van der Waals surface area contributed by atoms with Gasteiger partial charge in [-0.15, -0.1) is 0 Å². The van der Waals surface area contributed by atoms with Gasteiger partial charge in [0.1, 0.15) is 0 Å². The summed E-state index contributed by atoms with van der Waals surface area (Å²) in [7, 11) is 8.13. The van der Waals surface area contributed by atoms with E-state index < -0.39 is 0 Å². The van der Waals surface area contributed by atoms with Crippen molar-refractivity contribution < 1.29 is 23.7 Å². The molecule has 29 heavy (non-hydrogen) atoms. The van der Waals surface area contributed by atoms with Crippen molar-refractivity contribution in [3.63, 3.8) is 0 Å². The van der Waals surface area contributed by atoms with Crippen molar-refractivity contribution in [2.24, 2.45) is 0 Å². The van der Waals surface area contributed by atoms with Gasteiger partial charge in [0.15, 0.2) is 0 Å². The van der Waals surface area contributed by atoms with Crippen LogP contribution in [0.25, 0.3) is 0 Å². The molecule has 0 N–H and O–H groups in total. The molecule has 4 atom stereocenters. The summed E-state index contributed by atoms with van der Waals surface area (Å²) in [4.78, 5) is 6.97. The van der Waals surface area contributed by atoms with E-state index in [4.69, 9.17) is 23.7 Å². The Morgan fingerprint density at radius 3 is 2.10 bits per heavy atom. The lowest BCUT2D eigenvalue weighted by atomic mass is 9.97. The molecule has 0 amide bonds. The summed E-state index contributed by atoms with van der Waals surface area (Å²) < 4.78 is 26.6. The Morgan fingerprint density at radius 1 is 0.897 bits per heavy atom. The molecular formula is C21H41N3O5. The number of fused-ring (bicyclic) bond motifs is 2. The van der Waals surface area contributed by atoms with E-state index in [1.807, 2.05) is 0 Å². The zero-order chi connectivity index (χ0) is 20.7. The van der Waals surface area contributed by atoms with Crippen LogP contribution in [0, 0.1) is 0 Å². The third kappa shape index (κ3) is 6.83. The molecule has 0 aromatic heterocycles. The lowest BCUT2D eigenvalue weighted by molar-refractivity contribution is -0.175. The van der Waals surface area contributed by atoms with Crippen LogP contribution in [-0.2, 0) is 23.7 Å². The number of likely N-dealkylation sites (N-methyl/N-ethyl adjacent to an activating group) is 3. The van der Waals surface area contributed by atoms with Gasteiger partial charge in [-0.25, -0.2) is 0 Å². The molecule has 1 spiro atoms. The maximum atomic E-state index is 5.46. The number of nitrogens with zero attached hydrogens (tertiary/aromatic N) is 3. The summed E-state index contributed by atoms with van der Waals surface area (Å²) in [6.07, 6.45) is 3.88. The summed E-state index contributed by atoms with van der Waals surface area (Å²) in [6.45, 7) is 10.4. The molecule has 0 saturated carbocycles. The monoisotopic (exact) mass is 415 g/mol. The molecule has 2 bridgehead atoms. The fraction of sp³-hybridized carbons (Fsp3) is 1.00. The normalized spacial score (nSPS) is 37.9. The zero-order valence-electron chi connectivity index (χ0n) is 18.8. The molecule has 0 aromatic rings. The molecule has 6 aliphatic rings. The predicted molar refractivity (Wildman–Crippen MR) is 112 cm³/mol. The molecule has 6 aliphatic heterocycles. The van der Waals surface area contributed by atoms with Crippen LogP contribution in [0.3, 0.4) is 0 Å². The van der Waals surface area contributed by atoms with Crippen LogP contribution in [0.2, 0.25) is 0 Å². The maximum absolute atomic E-state index is 5.46. The molecule has 6 fully saturated rings. The summed E-state index contributed by atoms with van der Waals surface area (Å²) in [5.41, 5.74) is 0.220. The zero-order valence-corrected chi connectivity index (χ0v) is 18.8. The van der Waals surface area contributed by atoms with Crippen molar-refractivity contribution in [3.05, 3.63) is 0 Å². The topological polar surface area (TPSA) is 55.9 Å². The summed E-state index contributed by atoms with van der Waals surface area (Å²) in [5.74, 6) is 0. The minimum absolute atomic E-state index is 0.220. The Kier molecular flexibility index (Phi) is 9.13. The van der Waals surface area contributed by atoms with Crippen molar-refractivity contribution >= 4 is 0 Å². The number of ether oxygens (including phenoxy) is 5. The Labute approximate surface area is 176 Å². The molecular weight excluding hydrogens is 374 g/mol. The van der Waals surface area contributed by atoms with Gasteiger partial charge < -0.3 is 33.5 Å². The fourth-order valence-corrected chi connectivity index (χ4v) is 4.54. The van der Waals surface area contributed by atoms with E-state index in [0.717, 1.165) is 72.2 Å². The summed E-state index contributed by atoms with van der Waals surface area (Å²) in [6, 6.07) is 0. The highest BCUT2D eigenvalue weighted by molar-refractivity contribution is 4.94. The van der Waals surface area contributed by atoms with Crippen molar-refractivity contribution in [1.29, 1.82) is 0 Å². The average Bonchev–Trinajstić information content (AvgIpc) is 3.14. The minimum atomic E-state index is 0.220. The Hall–Kier alpha value is -0.320. The van der Waals surface area contributed by atoms with E-state index >= 15 is 0 Å². The molecule has 0 radical (unpaired) electrons. The van der Waals surface area contributed by atoms with Gasteiger partial charge in [0.2, 0.25) is 0 Å². The second kappa shape index (κ2) is 11.3. The lowest BCUT2D eigenvalue weighted by Gasteiger charge is -2.45. The average molecular weight is 416 g/mol. The van der Waals surface area contributed by atoms with Crippen LogP contribution in [-0.4, -0.2) is 139 Å². The molecule has 170 valence electrons. The van der Waals surface area contributed by atoms with Crippen LogP contribution in [0.4, 0.5) is 0 Å². The van der Waals surface area contributed by atoms with Gasteiger partial charge >= 0.3 is 0 Å². The van der Waals surface area contributed by atoms with Crippen molar-refractivity contribution in [1.82, 2.24) is 14.7 Å². The van der Waals surface area contributed by atoms with Crippen molar-refractivity contribution in [2.75, 3.05) is 101 Å². The highest BCUT2D eigenvalue weighted by Crippen LogP contribution is 2.27. The van der Waals surface area contributed by atoms with E-state index in [9.17, 15) is 0 Å². The summed E-state index contributed by atoms with van der Waals surface area (Å²) >= 11 is 0. The SMILES string of the molecule is CN1CC2CC(C1)O2.CN1CCOCC12CCOC2.COCC1CN(C)CCO1. The third-order valence-corrected chi connectivity index (χ3v) is 6.47. The number of rotatable bonds is 2.